The Labute approximate surface area is 193 Å². The monoisotopic (exact) mass is 479 g/mol. The fourth-order valence-corrected chi connectivity index (χ4v) is 2.82. The minimum absolute atomic E-state index is 0. The summed E-state index contributed by atoms with van der Waals surface area (Å²) in [6, 6.07) is 3.40. The fourth-order valence-electron chi connectivity index (χ4n) is 2.08. The summed E-state index contributed by atoms with van der Waals surface area (Å²) in [4.78, 5) is 24.3. The standard InChI is InChI=1S/C16H18Cl2FNO7S.Mg/c1-28(25,26)10-4-2-9(3-5-10)14(27-13(23)7-6-12(21)22)11(8-19)20-16(24)15(17)18;/h2-5,11,14-15H,6-8H2,1H3,(H,20,24)(H,21,22);/q;+2/p-2. The van der Waals surface area contributed by atoms with Gasteiger partial charge in [0, 0.05) is 12.2 Å². The molecule has 0 N–H and O–H groups in total. The van der Waals surface area contributed by atoms with Crippen LogP contribution in [0.2, 0.25) is 0 Å². The number of carbonyl (C=O) groups is 2. The van der Waals surface area contributed by atoms with Crippen molar-refractivity contribution in [2.24, 2.45) is 4.99 Å². The number of nitrogens with zero attached hydrogens (tertiary/aromatic N) is 1. The molecular formula is C16H16Cl2FMgNO7S. The smallest absolute Gasteiger partial charge is 0.860 e. The van der Waals surface area contributed by atoms with Gasteiger partial charge in [-0.1, -0.05) is 35.3 Å². The normalized spacial score (nSPS) is 14.0. The Morgan fingerprint density at radius 3 is 2.14 bits per heavy atom. The van der Waals surface area contributed by atoms with E-state index in [1.165, 1.54) is 24.3 Å². The van der Waals surface area contributed by atoms with Gasteiger partial charge < -0.3 is 19.7 Å². The number of alkyl halides is 3. The van der Waals surface area contributed by atoms with Crippen molar-refractivity contribution >= 4 is 73.9 Å². The molecule has 0 saturated carbocycles. The van der Waals surface area contributed by atoms with Crippen LogP contribution in [0.3, 0.4) is 0 Å². The number of aliphatic carboxylic acids is 1. The molecule has 1 rings (SSSR count). The number of esters is 1. The SMILES string of the molecule is CS(=O)(=O)c1ccc(C(OC(=O)CCC(=O)[O-])C(CF)N=C([O-])C(Cl)Cl)cc1.[Mg+2]. The number of carboxylic acid groups (broad SMARTS) is 1. The van der Waals surface area contributed by atoms with E-state index in [-0.39, 0.29) is 33.5 Å². The molecule has 0 fully saturated rings. The molecule has 13 heteroatoms. The van der Waals surface area contributed by atoms with Crippen LogP contribution in [0, 0.1) is 0 Å². The summed E-state index contributed by atoms with van der Waals surface area (Å²) >= 11 is 10.8. The van der Waals surface area contributed by atoms with Gasteiger partial charge in [0.2, 0.25) is 0 Å². The van der Waals surface area contributed by atoms with E-state index in [1.807, 2.05) is 0 Å². The molecule has 0 aromatic heterocycles. The summed E-state index contributed by atoms with van der Waals surface area (Å²) in [6.07, 6.45) is -1.64. The van der Waals surface area contributed by atoms with Gasteiger partial charge >= 0.3 is 29.0 Å². The predicted molar refractivity (Wildman–Crippen MR) is 101 cm³/mol. The summed E-state index contributed by atoms with van der Waals surface area (Å²) in [7, 11) is -3.51. The van der Waals surface area contributed by atoms with E-state index in [0.717, 1.165) is 6.26 Å². The molecule has 29 heavy (non-hydrogen) atoms. The molecule has 0 radical (unpaired) electrons. The minimum atomic E-state index is -3.51. The van der Waals surface area contributed by atoms with Crippen LogP contribution in [0.4, 0.5) is 4.39 Å². The molecule has 8 nitrogen and oxygen atoms in total. The van der Waals surface area contributed by atoms with Crippen LogP contribution in [-0.4, -0.2) is 73.1 Å². The first-order valence-electron chi connectivity index (χ1n) is 7.73. The van der Waals surface area contributed by atoms with Gasteiger partial charge in [0.05, 0.1) is 11.3 Å². The molecule has 2 atom stereocenters. The van der Waals surface area contributed by atoms with E-state index >= 15 is 0 Å². The molecule has 0 amide bonds. The number of hydrogen-bond acceptors (Lipinski definition) is 8. The Kier molecular flexibility index (Phi) is 12.0. The van der Waals surface area contributed by atoms with E-state index in [1.54, 1.807) is 0 Å². The number of carbonyl (C=O) groups excluding carboxylic acids is 2. The summed E-state index contributed by atoms with van der Waals surface area (Å²) in [5.74, 6) is -3.55. The molecule has 0 bridgehead atoms. The Balaban J connectivity index is 0.00000784. The van der Waals surface area contributed by atoms with Crippen molar-refractivity contribution in [2.75, 3.05) is 12.9 Å². The molecule has 2 unspecified atom stereocenters. The Hall–Kier alpha value is -1.14. The van der Waals surface area contributed by atoms with E-state index in [9.17, 15) is 32.6 Å². The van der Waals surface area contributed by atoms with E-state index in [0.29, 0.717) is 0 Å². The van der Waals surface area contributed by atoms with Gasteiger partial charge in [-0.2, -0.15) is 0 Å². The van der Waals surface area contributed by atoms with Crippen LogP contribution in [-0.2, 0) is 24.2 Å². The van der Waals surface area contributed by atoms with Crippen molar-refractivity contribution in [1.29, 1.82) is 0 Å². The van der Waals surface area contributed by atoms with Crippen molar-refractivity contribution in [3.63, 3.8) is 0 Å². The Bertz CT molecular complexity index is 834. The van der Waals surface area contributed by atoms with Crippen LogP contribution in [0.15, 0.2) is 34.2 Å². The first-order chi connectivity index (χ1) is 13.0. The second kappa shape index (κ2) is 12.5. The van der Waals surface area contributed by atoms with Crippen LogP contribution < -0.4 is 10.2 Å². The number of aliphatic imine (C=N–C) groups is 1. The Morgan fingerprint density at radius 2 is 1.72 bits per heavy atom. The second-order valence-electron chi connectivity index (χ2n) is 5.61. The van der Waals surface area contributed by atoms with Crippen LogP contribution in [0.1, 0.15) is 24.5 Å². The average Bonchev–Trinajstić information content (AvgIpc) is 2.61. The topological polar surface area (TPSA) is 136 Å². The molecule has 156 valence electrons. The van der Waals surface area contributed by atoms with Crippen molar-refractivity contribution in [1.82, 2.24) is 0 Å². The van der Waals surface area contributed by atoms with Gasteiger partial charge in [0.15, 0.2) is 15.9 Å². The third-order valence-electron chi connectivity index (χ3n) is 3.42. The molecule has 0 aliphatic rings. The zero-order chi connectivity index (χ0) is 21.5. The zero-order valence-corrected chi connectivity index (χ0v) is 19.0. The van der Waals surface area contributed by atoms with Gasteiger partial charge in [-0.05, 0) is 30.0 Å². The van der Waals surface area contributed by atoms with Gasteiger partial charge in [0.25, 0.3) is 0 Å². The molecular weight excluding hydrogens is 464 g/mol. The maximum atomic E-state index is 13.5. The third kappa shape index (κ3) is 9.47. The average molecular weight is 481 g/mol. The largest absolute Gasteiger partial charge is 2.00 e. The first-order valence-corrected chi connectivity index (χ1v) is 10.5. The number of hydrogen-bond donors (Lipinski definition) is 0. The first kappa shape index (κ1) is 27.9. The van der Waals surface area contributed by atoms with Gasteiger partial charge in [-0.25, -0.2) is 12.8 Å². The van der Waals surface area contributed by atoms with E-state index in [4.69, 9.17) is 27.9 Å². The molecule has 0 spiro atoms. The number of carboxylic acids is 1. The van der Waals surface area contributed by atoms with Gasteiger partial charge in [-0.15, -0.1) is 0 Å². The number of benzene rings is 1. The number of rotatable bonds is 10. The maximum Gasteiger partial charge on any atom is 2.00 e. The maximum absolute atomic E-state index is 13.5. The number of ether oxygens (including phenoxy) is 1. The minimum Gasteiger partial charge on any atom is -0.860 e. The van der Waals surface area contributed by atoms with E-state index < -0.39 is 64.2 Å². The van der Waals surface area contributed by atoms with Crippen molar-refractivity contribution in [2.45, 2.75) is 34.7 Å². The second-order valence-corrected chi connectivity index (χ2v) is 8.73. The fraction of sp³-hybridized carbons (Fsp3) is 0.438. The van der Waals surface area contributed by atoms with Gasteiger partial charge in [0.1, 0.15) is 17.6 Å². The zero-order valence-electron chi connectivity index (χ0n) is 15.2. The molecule has 1 aromatic carbocycles. The Morgan fingerprint density at radius 1 is 1.17 bits per heavy atom. The molecule has 0 aliphatic carbocycles. The molecule has 1 aromatic rings. The van der Waals surface area contributed by atoms with E-state index in [2.05, 4.69) is 4.99 Å². The summed E-state index contributed by atoms with van der Waals surface area (Å²) < 4.78 is 41.7. The van der Waals surface area contributed by atoms with Crippen LogP contribution >= 0.6 is 23.2 Å². The number of halogens is 3. The van der Waals surface area contributed by atoms with Crippen LogP contribution in [0.25, 0.3) is 0 Å². The summed E-state index contributed by atoms with van der Waals surface area (Å²) in [5, 5.41) is 22.1. The quantitative estimate of drug-likeness (QED) is 0.148. The van der Waals surface area contributed by atoms with Gasteiger partial charge in [-0.3, -0.25) is 9.79 Å². The number of sulfone groups is 1. The molecule has 0 aliphatic heterocycles. The predicted octanol–water partition coefficient (Wildman–Crippen LogP) is -0.276. The molecule has 0 heterocycles. The molecule has 0 saturated heterocycles. The summed E-state index contributed by atoms with van der Waals surface area (Å²) in [5.41, 5.74) is 0.133. The van der Waals surface area contributed by atoms with Crippen molar-refractivity contribution in [3.8, 4) is 0 Å². The third-order valence-corrected chi connectivity index (χ3v) is 4.92. The van der Waals surface area contributed by atoms with Crippen molar-refractivity contribution in [3.05, 3.63) is 29.8 Å². The van der Waals surface area contributed by atoms with Crippen molar-refractivity contribution < 1.29 is 37.3 Å². The van der Waals surface area contributed by atoms with Crippen LogP contribution in [0.5, 0.6) is 0 Å². The summed E-state index contributed by atoms with van der Waals surface area (Å²) in [6.45, 7) is -1.24.